The van der Waals surface area contributed by atoms with E-state index in [9.17, 15) is 15.0 Å². The Labute approximate surface area is 104 Å². The second kappa shape index (κ2) is 5.88. The number of aliphatic hydroxyl groups is 1. The topological polar surface area (TPSA) is 87.0 Å². The minimum Gasteiger partial charge on any atom is -0.504 e. The van der Waals surface area contributed by atoms with Gasteiger partial charge in [0, 0.05) is 11.6 Å². The molecule has 0 amide bonds. The van der Waals surface area contributed by atoms with Crippen LogP contribution >= 0.6 is 0 Å². The standard InChI is InChI=1S/C13H14O5/c1-3-9(14)12-8(5-7-11(16)17)4-6-10(15)13(12)18-2/h3-7,9,14-15H,1H2,2H3,(H,16,17). The summed E-state index contributed by atoms with van der Waals surface area (Å²) in [5.74, 6) is -1.16. The molecule has 3 N–H and O–H groups in total. The zero-order valence-corrected chi connectivity index (χ0v) is 9.83. The molecule has 0 bridgehead atoms. The number of carboxylic acids is 1. The lowest BCUT2D eigenvalue weighted by molar-refractivity contribution is -0.131. The fourth-order valence-electron chi connectivity index (χ4n) is 1.55. The summed E-state index contributed by atoms with van der Waals surface area (Å²) in [5.41, 5.74) is 0.699. The molecule has 0 spiro atoms. The number of ether oxygens (including phenoxy) is 1. The molecule has 0 heterocycles. The van der Waals surface area contributed by atoms with E-state index in [-0.39, 0.29) is 17.1 Å². The largest absolute Gasteiger partial charge is 0.504 e. The lowest BCUT2D eigenvalue weighted by Gasteiger charge is -2.15. The van der Waals surface area contributed by atoms with Crippen LogP contribution in [0.25, 0.3) is 6.08 Å². The van der Waals surface area contributed by atoms with Crippen molar-refractivity contribution in [2.75, 3.05) is 7.11 Å². The Morgan fingerprint density at radius 1 is 1.50 bits per heavy atom. The van der Waals surface area contributed by atoms with Gasteiger partial charge in [0.2, 0.25) is 0 Å². The van der Waals surface area contributed by atoms with Crippen molar-refractivity contribution < 1.29 is 24.9 Å². The molecule has 5 nitrogen and oxygen atoms in total. The molecule has 0 aromatic heterocycles. The van der Waals surface area contributed by atoms with Gasteiger partial charge in [0.1, 0.15) is 6.10 Å². The van der Waals surface area contributed by atoms with E-state index in [1.807, 2.05) is 0 Å². The second-order valence-electron chi connectivity index (χ2n) is 3.47. The maximum Gasteiger partial charge on any atom is 0.328 e. The average Bonchev–Trinajstić information content (AvgIpc) is 2.35. The van der Waals surface area contributed by atoms with E-state index < -0.39 is 12.1 Å². The van der Waals surface area contributed by atoms with Crippen molar-refractivity contribution in [2.24, 2.45) is 0 Å². The van der Waals surface area contributed by atoms with E-state index in [1.165, 1.54) is 31.4 Å². The Morgan fingerprint density at radius 3 is 2.67 bits per heavy atom. The molecule has 1 aromatic carbocycles. The summed E-state index contributed by atoms with van der Waals surface area (Å²) < 4.78 is 5.01. The first kappa shape index (κ1) is 13.8. The molecule has 0 aliphatic rings. The number of carboxylic acid groups (broad SMARTS) is 1. The molecule has 5 heteroatoms. The number of methoxy groups -OCH3 is 1. The Kier molecular flexibility index (Phi) is 4.51. The fraction of sp³-hybridized carbons (Fsp3) is 0.154. The van der Waals surface area contributed by atoms with Crippen molar-refractivity contribution >= 4 is 12.0 Å². The van der Waals surface area contributed by atoms with Crippen LogP contribution < -0.4 is 4.74 Å². The molecule has 0 fully saturated rings. The summed E-state index contributed by atoms with van der Waals surface area (Å²) in [6, 6.07) is 2.85. The number of phenols is 1. The first-order valence-electron chi connectivity index (χ1n) is 5.12. The highest BCUT2D eigenvalue weighted by atomic mass is 16.5. The van der Waals surface area contributed by atoms with Gasteiger partial charge in [-0.2, -0.15) is 0 Å². The van der Waals surface area contributed by atoms with Gasteiger partial charge in [-0.1, -0.05) is 12.1 Å². The number of hydrogen-bond acceptors (Lipinski definition) is 4. The molecule has 18 heavy (non-hydrogen) atoms. The van der Waals surface area contributed by atoms with Crippen molar-refractivity contribution in [2.45, 2.75) is 6.10 Å². The van der Waals surface area contributed by atoms with Crippen LogP contribution in [0.3, 0.4) is 0 Å². The fourth-order valence-corrected chi connectivity index (χ4v) is 1.55. The van der Waals surface area contributed by atoms with Crippen molar-refractivity contribution in [1.29, 1.82) is 0 Å². The summed E-state index contributed by atoms with van der Waals surface area (Å²) in [4.78, 5) is 10.5. The van der Waals surface area contributed by atoms with Gasteiger partial charge in [0.15, 0.2) is 11.5 Å². The van der Waals surface area contributed by atoms with Crippen LogP contribution in [0.1, 0.15) is 17.2 Å². The van der Waals surface area contributed by atoms with Gasteiger partial charge in [0.25, 0.3) is 0 Å². The third-order valence-electron chi connectivity index (χ3n) is 2.34. The maximum absolute atomic E-state index is 10.5. The average molecular weight is 250 g/mol. The van der Waals surface area contributed by atoms with E-state index >= 15 is 0 Å². The first-order chi connectivity index (χ1) is 8.51. The van der Waals surface area contributed by atoms with Gasteiger partial charge in [-0.3, -0.25) is 0 Å². The molecular formula is C13H14O5. The summed E-state index contributed by atoms with van der Waals surface area (Å²) >= 11 is 0. The SMILES string of the molecule is C=CC(O)c1c(C=CC(=O)O)ccc(O)c1OC. The lowest BCUT2D eigenvalue weighted by atomic mass is 10.00. The number of aliphatic hydroxyl groups excluding tert-OH is 1. The lowest BCUT2D eigenvalue weighted by Crippen LogP contribution is -2.01. The monoisotopic (exact) mass is 250 g/mol. The summed E-state index contributed by atoms with van der Waals surface area (Å²) in [5, 5.41) is 28.0. The number of phenolic OH excluding ortho intramolecular Hbond substituents is 1. The highest BCUT2D eigenvalue weighted by Gasteiger charge is 2.17. The van der Waals surface area contributed by atoms with Crippen LogP contribution in [0.4, 0.5) is 0 Å². The predicted molar refractivity (Wildman–Crippen MR) is 66.5 cm³/mol. The van der Waals surface area contributed by atoms with E-state index in [4.69, 9.17) is 9.84 Å². The normalized spacial score (nSPS) is 12.3. The highest BCUT2D eigenvalue weighted by molar-refractivity contribution is 5.86. The predicted octanol–water partition coefficient (Wildman–Crippen LogP) is 1.72. The van der Waals surface area contributed by atoms with Gasteiger partial charge in [-0.15, -0.1) is 6.58 Å². The van der Waals surface area contributed by atoms with Gasteiger partial charge in [-0.05, 0) is 17.7 Å². The molecule has 0 radical (unpaired) electrons. The van der Waals surface area contributed by atoms with Crippen molar-refractivity contribution in [3.8, 4) is 11.5 Å². The Hall–Kier alpha value is -2.27. The number of aromatic hydroxyl groups is 1. The third kappa shape index (κ3) is 2.89. The van der Waals surface area contributed by atoms with Crippen molar-refractivity contribution in [3.05, 3.63) is 42.0 Å². The van der Waals surface area contributed by atoms with E-state index in [0.29, 0.717) is 5.56 Å². The minimum absolute atomic E-state index is 0.0925. The maximum atomic E-state index is 10.5. The van der Waals surface area contributed by atoms with Crippen LogP contribution in [0, 0.1) is 0 Å². The van der Waals surface area contributed by atoms with Gasteiger partial charge in [0.05, 0.1) is 7.11 Å². The zero-order chi connectivity index (χ0) is 13.7. The molecule has 1 atom stereocenters. The molecule has 0 saturated heterocycles. The van der Waals surface area contributed by atoms with E-state index in [2.05, 4.69) is 6.58 Å². The van der Waals surface area contributed by atoms with Gasteiger partial charge < -0.3 is 20.1 Å². The first-order valence-corrected chi connectivity index (χ1v) is 5.12. The highest BCUT2D eigenvalue weighted by Crippen LogP contribution is 2.37. The molecule has 0 aliphatic carbocycles. The van der Waals surface area contributed by atoms with Crippen LogP contribution in [0.5, 0.6) is 11.5 Å². The number of rotatable bonds is 5. The Morgan fingerprint density at radius 2 is 2.17 bits per heavy atom. The molecule has 1 rings (SSSR count). The van der Waals surface area contributed by atoms with Crippen LogP contribution in [-0.4, -0.2) is 28.4 Å². The second-order valence-corrected chi connectivity index (χ2v) is 3.47. The number of benzene rings is 1. The summed E-state index contributed by atoms with van der Waals surface area (Å²) in [6.45, 7) is 3.45. The van der Waals surface area contributed by atoms with E-state index in [1.54, 1.807) is 0 Å². The third-order valence-corrected chi connectivity index (χ3v) is 2.34. The number of aliphatic carboxylic acids is 1. The van der Waals surface area contributed by atoms with Gasteiger partial charge >= 0.3 is 5.97 Å². The van der Waals surface area contributed by atoms with Gasteiger partial charge in [-0.25, -0.2) is 4.79 Å². The van der Waals surface area contributed by atoms with Crippen molar-refractivity contribution in [3.63, 3.8) is 0 Å². The Balaban J connectivity index is 3.41. The van der Waals surface area contributed by atoms with Crippen molar-refractivity contribution in [1.82, 2.24) is 0 Å². The van der Waals surface area contributed by atoms with E-state index in [0.717, 1.165) is 6.08 Å². The summed E-state index contributed by atoms with van der Waals surface area (Å²) in [7, 11) is 1.35. The number of carbonyl (C=O) groups is 1. The summed E-state index contributed by atoms with van der Waals surface area (Å²) in [6.07, 6.45) is 2.44. The molecular weight excluding hydrogens is 236 g/mol. The van der Waals surface area contributed by atoms with Crippen LogP contribution in [0.15, 0.2) is 30.9 Å². The van der Waals surface area contributed by atoms with Crippen LogP contribution in [-0.2, 0) is 4.79 Å². The minimum atomic E-state index is -1.11. The quantitative estimate of drug-likeness (QED) is 0.547. The molecule has 1 aromatic rings. The van der Waals surface area contributed by atoms with Crippen LogP contribution in [0.2, 0.25) is 0 Å². The zero-order valence-electron chi connectivity index (χ0n) is 9.83. The molecule has 0 aliphatic heterocycles. The molecule has 96 valence electrons. The number of hydrogen-bond donors (Lipinski definition) is 3. The Bertz CT molecular complexity index is 490. The smallest absolute Gasteiger partial charge is 0.328 e. The molecule has 1 unspecified atom stereocenters. The molecule has 0 saturated carbocycles.